The number of rotatable bonds is 5. The summed E-state index contributed by atoms with van der Waals surface area (Å²) in [7, 11) is 0. The molecule has 0 bridgehead atoms. The van der Waals surface area contributed by atoms with Crippen molar-refractivity contribution in [1.82, 2.24) is 5.43 Å². The van der Waals surface area contributed by atoms with Gasteiger partial charge >= 0.3 is 0 Å². The van der Waals surface area contributed by atoms with Crippen LogP contribution in [-0.4, -0.2) is 11.6 Å². The van der Waals surface area contributed by atoms with E-state index < -0.39 is 0 Å². The number of nitrogens with zero attached hydrogens (tertiary/aromatic N) is 1. The molecule has 0 aliphatic heterocycles. The van der Waals surface area contributed by atoms with E-state index in [1.54, 1.807) is 12.1 Å². The molecule has 0 spiro atoms. The standard InChI is InChI=1S/C19H17BrN2O/c1-15(7-5-6-10-16-8-3-2-4-9-16)21-22-19(23)17-11-13-18(20)14-12-17/h2-14H,1H3,(H,22,23). The SMILES string of the molecule is CC(C=CC=Cc1ccccc1)=NNC(=O)c1ccc(Br)cc1. The average molecular weight is 369 g/mol. The summed E-state index contributed by atoms with van der Waals surface area (Å²) in [6, 6.07) is 17.2. The van der Waals surface area contributed by atoms with Crippen LogP contribution in [0.2, 0.25) is 0 Å². The van der Waals surface area contributed by atoms with E-state index in [1.807, 2.05) is 73.7 Å². The fourth-order valence-corrected chi connectivity index (χ4v) is 2.03. The van der Waals surface area contributed by atoms with Crippen molar-refractivity contribution in [3.05, 3.63) is 88.4 Å². The summed E-state index contributed by atoms with van der Waals surface area (Å²) in [5.41, 5.74) is 4.95. The molecule has 0 radical (unpaired) electrons. The molecule has 0 atom stereocenters. The van der Waals surface area contributed by atoms with Crippen LogP contribution in [0.15, 0.2) is 82.4 Å². The van der Waals surface area contributed by atoms with Crippen molar-refractivity contribution in [1.29, 1.82) is 0 Å². The smallest absolute Gasteiger partial charge is 0.267 e. The Morgan fingerprint density at radius 1 is 1.04 bits per heavy atom. The molecule has 0 aliphatic rings. The van der Waals surface area contributed by atoms with Crippen molar-refractivity contribution in [3.8, 4) is 0 Å². The third-order valence-electron chi connectivity index (χ3n) is 2.98. The van der Waals surface area contributed by atoms with Crippen LogP contribution in [-0.2, 0) is 0 Å². The first-order valence-electron chi connectivity index (χ1n) is 7.15. The van der Waals surface area contributed by atoms with E-state index in [4.69, 9.17) is 0 Å². The van der Waals surface area contributed by atoms with E-state index in [-0.39, 0.29) is 5.91 Å². The number of amides is 1. The second-order valence-electron chi connectivity index (χ2n) is 4.83. The van der Waals surface area contributed by atoms with Gasteiger partial charge in [0.1, 0.15) is 0 Å². The Morgan fingerprint density at radius 2 is 1.74 bits per heavy atom. The molecule has 4 heteroatoms. The first-order chi connectivity index (χ1) is 11.1. The first-order valence-corrected chi connectivity index (χ1v) is 7.94. The average Bonchev–Trinajstić information content (AvgIpc) is 2.58. The van der Waals surface area contributed by atoms with Gasteiger partial charge in [0.2, 0.25) is 0 Å². The highest BCUT2D eigenvalue weighted by molar-refractivity contribution is 9.10. The number of nitrogens with one attached hydrogen (secondary N) is 1. The van der Waals surface area contributed by atoms with Gasteiger partial charge in [0.25, 0.3) is 5.91 Å². The van der Waals surface area contributed by atoms with Crippen LogP contribution in [0.25, 0.3) is 6.08 Å². The maximum atomic E-state index is 11.9. The van der Waals surface area contributed by atoms with Gasteiger partial charge in [-0.15, -0.1) is 0 Å². The Labute approximate surface area is 144 Å². The number of halogens is 1. The second kappa shape index (κ2) is 8.86. The fraction of sp³-hybridized carbons (Fsp3) is 0.0526. The van der Waals surface area contributed by atoms with Crippen LogP contribution in [0.4, 0.5) is 0 Å². The summed E-state index contributed by atoms with van der Waals surface area (Å²) in [6.45, 7) is 1.83. The molecule has 0 heterocycles. The number of hydrogen-bond acceptors (Lipinski definition) is 2. The second-order valence-corrected chi connectivity index (χ2v) is 5.75. The maximum absolute atomic E-state index is 11.9. The third kappa shape index (κ3) is 6.04. The number of hydrogen-bond donors (Lipinski definition) is 1. The predicted octanol–water partition coefficient (Wildman–Crippen LogP) is 4.82. The molecular weight excluding hydrogens is 352 g/mol. The van der Waals surface area contributed by atoms with Gasteiger partial charge in [-0.2, -0.15) is 5.10 Å². The number of hydrazone groups is 1. The van der Waals surface area contributed by atoms with Crippen LogP contribution in [0.3, 0.4) is 0 Å². The highest BCUT2D eigenvalue weighted by Crippen LogP contribution is 2.10. The molecule has 0 aromatic heterocycles. The quantitative estimate of drug-likeness (QED) is 0.458. The minimum Gasteiger partial charge on any atom is -0.267 e. The van der Waals surface area contributed by atoms with E-state index >= 15 is 0 Å². The Bertz CT molecular complexity index is 732. The largest absolute Gasteiger partial charge is 0.271 e. The van der Waals surface area contributed by atoms with E-state index in [2.05, 4.69) is 26.5 Å². The van der Waals surface area contributed by atoms with E-state index in [9.17, 15) is 4.79 Å². The van der Waals surface area contributed by atoms with Crippen molar-refractivity contribution in [2.24, 2.45) is 5.10 Å². The molecule has 1 N–H and O–H groups in total. The number of carbonyl (C=O) groups excluding carboxylic acids is 1. The lowest BCUT2D eigenvalue weighted by atomic mass is 10.2. The lowest BCUT2D eigenvalue weighted by Crippen LogP contribution is -2.18. The first kappa shape index (κ1) is 16.9. The van der Waals surface area contributed by atoms with Crippen molar-refractivity contribution in [2.45, 2.75) is 6.92 Å². The summed E-state index contributed by atoms with van der Waals surface area (Å²) in [4.78, 5) is 11.9. The molecule has 3 nitrogen and oxygen atoms in total. The summed E-state index contributed by atoms with van der Waals surface area (Å²) in [5.74, 6) is -0.231. The molecule has 0 saturated carbocycles. The topological polar surface area (TPSA) is 41.5 Å². The summed E-state index contributed by atoms with van der Waals surface area (Å²) < 4.78 is 0.932. The molecule has 0 unspecified atom stereocenters. The number of allylic oxidation sites excluding steroid dienone is 3. The van der Waals surface area contributed by atoms with Gasteiger partial charge in [0.15, 0.2) is 0 Å². The maximum Gasteiger partial charge on any atom is 0.271 e. The van der Waals surface area contributed by atoms with Gasteiger partial charge in [-0.1, -0.05) is 64.5 Å². The Morgan fingerprint density at radius 3 is 2.43 bits per heavy atom. The minimum atomic E-state index is -0.231. The van der Waals surface area contributed by atoms with Gasteiger partial charge in [0, 0.05) is 10.0 Å². The van der Waals surface area contributed by atoms with Crippen LogP contribution in [0.1, 0.15) is 22.8 Å². The molecule has 0 aliphatic carbocycles. The van der Waals surface area contributed by atoms with Gasteiger partial charge < -0.3 is 0 Å². The molecule has 2 aromatic rings. The molecule has 23 heavy (non-hydrogen) atoms. The van der Waals surface area contributed by atoms with Crippen LogP contribution < -0.4 is 5.43 Å². The Hall–Kier alpha value is -2.46. The molecule has 116 valence electrons. The zero-order valence-electron chi connectivity index (χ0n) is 12.7. The minimum absolute atomic E-state index is 0.231. The zero-order chi connectivity index (χ0) is 16.5. The predicted molar refractivity (Wildman–Crippen MR) is 99.3 cm³/mol. The summed E-state index contributed by atoms with van der Waals surface area (Å²) in [5, 5.41) is 4.05. The monoisotopic (exact) mass is 368 g/mol. The third-order valence-corrected chi connectivity index (χ3v) is 3.51. The van der Waals surface area contributed by atoms with Crippen molar-refractivity contribution in [3.63, 3.8) is 0 Å². The van der Waals surface area contributed by atoms with Crippen LogP contribution in [0, 0.1) is 0 Å². The lowest BCUT2D eigenvalue weighted by molar-refractivity contribution is 0.0955. The molecular formula is C19H17BrN2O. The Balaban J connectivity index is 1.87. The normalized spacial score (nSPS) is 12.0. The molecule has 2 rings (SSSR count). The summed E-state index contributed by atoms with van der Waals surface area (Å²) in [6.07, 6.45) is 7.66. The van der Waals surface area contributed by atoms with Crippen molar-refractivity contribution >= 4 is 33.6 Å². The zero-order valence-corrected chi connectivity index (χ0v) is 14.3. The van der Waals surface area contributed by atoms with E-state index in [0.717, 1.165) is 10.0 Å². The van der Waals surface area contributed by atoms with Gasteiger partial charge in [-0.3, -0.25) is 4.79 Å². The van der Waals surface area contributed by atoms with E-state index in [0.29, 0.717) is 11.3 Å². The molecule has 1 amide bonds. The molecule has 0 fully saturated rings. The van der Waals surface area contributed by atoms with Crippen LogP contribution >= 0.6 is 15.9 Å². The van der Waals surface area contributed by atoms with Crippen LogP contribution in [0.5, 0.6) is 0 Å². The Kier molecular flexibility index (Phi) is 6.51. The highest BCUT2D eigenvalue weighted by Gasteiger charge is 2.03. The fourth-order valence-electron chi connectivity index (χ4n) is 1.77. The summed E-state index contributed by atoms with van der Waals surface area (Å²) >= 11 is 3.33. The van der Waals surface area contributed by atoms with Gasteiger partial charge in [-0.25, -0.2) is 5.43 Å². The van der Waals surface area contributed by atoms with E-state index in [1.165, 1.54) is 0 Å². The highest BCUT2D eigenvalue weighted by atomic mass is 79.9. The lowest BCUT2D eigenvalue weighted by Gasteiger charge is -2.00. The molecule has 2 aromatic carbocycles. The number of benzene rings is 2. The van der Waals surface area contributed by atoms with Gasteiger partial charge in [-0.05, 0) is 42.8 Å². The number of carbonyl (C=O) groups is 1. The van der Waals surface area contributed by atoms with Gasteiger partial charge in [0.05, 0.1) is 5.71 Å². The van der Waals surface area contributed by atoms with Crippen molar-refractivity contribution in [2.75, 3.05) is 0 Å². The molecule has 0 saturated heterocycles. The van der Waals surface area contributed by atoms with Crippen molar-refractivity contribution < 1.29 is 4.79 Å².